The summed E-state index contributed by atoms with van der Waals surface area (Å²) in [5.74, 6) is 0. The zero-order chi connectivity index (χ0) is 16.3. The summed E-state index contributed by atoms with van der Waals surface area (Å²) in [7, 11) is -3.66. The van der Waals surface area contributed by atoms with E-state index >= 15 is 0 Å². The van der Waals surface area contributed by atoms with Crippen molar-refractivity contribution in [3.05, 3.63) is 27.7 Å². The fraction of sp³-hybridized carbons (Fsp3) is 0.571. The van der Waals surface area contributed by atoms with Gasteiger partial charge in [-0.05, 0) is 29.7 Å². The monoisotopic (exact) mass is 352 g/mol. The molecule has 7 heteroatoms. The average Bonchev–Trinajstić information content (AvgIpc) is 2.34. The van der Waals surface area contributed by atoms with Crippen molar-refractivity contribution in [1.29, 1.82) is 0 Å². The molecule has 0 spiro atoms. The van der Waals surface area contributed by atoms with Crippen LogP contribution in [0.1, 0.15) is 33.3 Å². The second-order valence-electron chi connectivity index (χ2n) is 6.04. The first-order valence-corrected chi connectivity index (χ1v) is 8.99. The molecule has 2 N–H and O–H groups in total. The molecule has 0 fully saturated rings. The lowest BCUT2D eigenvalue weighted by Crippen LogP contribution is -2.32. The Hall–Kier alpha value is -0.330. The first kappa shape index (κ1) is 18.7. The van der Waals surface area contributed by atoms with Gasteiger partial charge in [-0.1, -0.05) is 50.9 Å². The Labute approximate surface area is 137 Å². The minimum absolute atomic E-state index is 0.0609. The molecule has 120 valence electrons. The molecule has 0 aliphatic heterocycles. The van der Waals surface area contributed by atoms with E-state index in [0.717, 1.165) is 6.54 Å². The topological polar surface area (TPSA) is 58.2 Å². The molecule has 0 saturated heterocycles. The second-order valence-corrected chi connectivity index (χ2v) is 8.59. The van der Waals surface area contributed by atoms with Gasteiger partial charge in [-0.15, -0.1) is 0 Å². The standard InChI is InChI=1S/C14H22Cl2N2O2S/c1-5-17-8-10-6-13(12(16)7-11(10)15)21(19,20)18-9-14(2,3)4/h6-7,17-18H,5,8-9H2,1-4H3. The Bertz CT molecular complexity index is 596. The van der Waals surface area contributed by atoms with Gasteiger partial charge in [0.2, 0.25) is 10.0 Å². The molecular formula is C14H22Cl2N2O2S. The normalized spacial score (nSPS) is 12.7. The third-order valence-corrected chi connectivity index (χ3v) is 4.97. The van der Waals surface area contributed by atoms with Gasteiger partial charge in [0.05, 0.1) is 5.02 Å². The number of nitrogens with one attached hydrogen (secondary N) is 2. The molecule has 4 nitrogen and oxygen atoms in total. The van der Waals surface area contributed by atoms with Gasteiger partial charge in [0, 0.05) is 18.1 Å². The Morgan fingerprint density at radius 1 is 1.14 bits per heavy atom. The largest absolute Gasteiger partial charge is 0.313 e. The van der Waals surface area contributed by atoms with Crippen LogP contribution >= 0.6 is 23.2 Å². The lowest BCUT2D eigenvalue weighted by Gasteiger charge is -2.19. The van der Waals surface area contributed by atoms with Crippen LogP contribution in [-0.4, -0.2) is 21.5 Å². The highest BCUT2D eigenvalue weighted by Crippen LogP contribution is 2.29. The van der Waals surface area contributed by atoms with E-state index in [-0.39, 0.29) is 15.3 Å². The molecule has 0 heterocycles. The maximum atomic E-state index is 12.4. The highest BCUT2D eigenvalue weighted by atomic mass is 35.5. The summed E-state index contributed by atoms with van der Waals surface area (Å²) < 4.78 is 27.3. The van der Waals surface area contributed by atoms with Gasteiger partial charge >= 0.3 is 0 Å². The number of hydrogen-bond donors (Lipinski definition) is 2. The molecule has 0 amide bonds. The van der Waals surface area contributed by atoms with Crippen LogP contribution in [0.4, 0.5) is 0 Å². The fourth-order valence-corrected chi connectivity index (χ4v) is 3.71. The maximum absolute atomic E-state index is 12.4. The van der Waals surface area contributed by atoms with Crippen LogP contribution in [0.25, 0.3) is 0 Å². The molecule has 21 heavy (non-hydrogen) atoms. The molecule has 0 radical (unpaired) electrons. The smallest absolute Gasteiger partial charge is 0.242 e. The molecule has 1 aromatic rings. The third-order valence-electron chi connectivity index (χ3n) is 2.75. The number of rotatable bonds is 6. The van der Waals surface area contributed by atoms with Gasteiger partial charge in [-0.25, -0.2) is 13.1 Å². The number of benzene rings is 1. The highest BCUT2D eigenvalue weighted by molar-refractivity contribution is 7.89. The van der Waals surface area contributed by atoms with Crippen LogP contribution in [0, 0.1) is 5.41 Å². The van der Waals surface area contributed by atoms with E-state index in [1.54, 1.807) is 0 Å². The van der Waals surface area contributed by atoms with Crippen LogP contribution in [0.3, 0.4) is 0 Å². The van der Waals surface area contributed by atoms with Gasteiger partial charge < -0.3 is 5.32 Å². The fourth-order valence-electron chi connectivity index (χ4n) is 1.56. The average molecular weight is 353 g/mol. The summed E-state index contributed by atoms with van der Waals surface area (Å²) in [6.07, 6.45) is 0. The lowest BCUT2D eigenvalue weighted by molar-refractivity contribution is 0.407. The van der Waals surface area contributed by atoms with Crippen LogP contribution < -0.4 is 10.0 Å². The molecule has 0 saturated carbocycles. The number of hydrogen-bond acceptors (Lipinski definition) is 3. The van der Waals surface area contributed by atoms with Crippen LogP contribution in [-0.2, 0) is 16.6 Å². The van der Waals surface area contributed by atoms with E-state index < -0.39 is 10.0 Å². The van der Waals surface area contributed by atoms with Gasteiger partial charge in [-0.2, -0.15) is 0 Å². The molecule has 1 rings (SSSR count). The summed E-state index contributed by atoms with van der Waals surface area (Å²) >= 11 is 12.1. The second kappa shape index (κ2) is 7.29. The Morgan fingerprint density at radius 2 is 1.76 bits per heavy atom. The van der Waals surface area contributed by atoms with E-state index in [1.807, 2.05) is 27.7 Å². The van der Waals surface area contributed by atoms with E-state index in [9.17, 15) is 8.42 Å². The van der Waals surface area contributed by atoms with Crippen molar-refractivity contribution in [3.8, 4) is 0 Å². The summed E-state index contributed by atoms with van der Waals surface area (Å²) in [5, 5.41) is 3.70. The summed E-state index contributed by atoms with van der Waals surface area (Å²) in [6, 6.07) is 3.00. The zero-order valence-corrected chi connectivity index (χ0v) is 15.1. The third kappa shape index (κ3) is 5.75. The lowest BCUT2D eigenvalue weighted by atomic mass is 9.98. The van der Waals surface area contributed by atoms with Crippen molar-refractivity contribution in [2.24, 2.45) is 5.41 Å². The van der Waals surface area contributed by atoms with Crippen LogP contribution in [0.2, 0.25) is 10.0 Å². The van der Waals surface area contributed by atoms with E-state index in [0.29, 0.717) is 23.7 Å². The van der Waals surface area contributed by atoms with E-state index in [1.165, 1.54) is 12.1 Å². The first-order chi connectivity index (χ1) is 9.57. The van der Waals surface area contributed by atoms with Gasteiger partial charge in [0.1, 0.15) is 4.90 Å². The number of sulfonamides is 1. The summed E-state index contributed by atoms with van der Waals surface area (Å²) in [4.78, 5) is 0.0609. The quantitative estimate of drug-likeness (QED) is 0.824. The summed E-state index contributed by atoms with van der Waals surface area (Å²) in [6.45, 7) is 9.42. The molecular weight excluding hydrogens is 331 g/mol. The van der Waals surface area contributed by atoms with Crippen molar-refractivity contribution >= 4 is 33.2 Å². The Balaban J connectivity index is 3.10. The molecule has 0 aliphatic carbocycles. The van der Waals surface area contributed by atoms with E-state index in [4.69, 9.17) is 23.2 Å². The molecule has 1 aromatic carbocycles. The molecule has 0 aliphatic rings. The first-order valence-electron chi connectivity index (χ1n) is 6.75. The van der Waals surface area contributed by atoms with Crippen LogP contribution in [0.5, 0.6) is 0 Å². The predicted molar refractivity (Wildman–Crippen MR) is 88.5 cm³/mol. The van der Waals surface area contributed by atoms with Crippen molar-refractivity contribution < 1.29 is 8.42 Å². The predicted octanol–water partition coefficient (Wildman–Crippen LogP) is 3.43. The van der Waals surface area contributed by atoms with Gasteiger partial charge in [0.15, 0.2) is 0 Å². The molecule has 0 unspecified atom stereocenters. The highest BCUT2D eigenvalue weighted by Gasteiger charge is 2.22. The molecule has 0 aromatic heterocycles. The zero-order valence-electron chi connectivity index (χ0n) is 12.8. The van der Waals surface area contributed by atoms with Crippen molar-refractivity contribution in [3.63, 3.8) is 0 Å². The minimum Gasteiger partial charge on any atom is -0.313 e. The Morgan fingerprint density at radius 3 is 2.29 bits per heavy atom. The van der Waals surface area contributed by atoms with E-state index in [2.05, 4.69) is 10.0 Å². The van der Waals surface area contributed by atoms with Crippen molar-refractivity contribution in [2.75, 3.05) is 13.1 Å². The van der Waals surface area contributed by atoms with Crippen molar-refractivity contribution in [1.82, 2.24) is 10.0 Å². The maximum Gasteiger partial charge on any atom is 0.242 e. The van der Waals surface area contributed by atoms with Crippen LogP contribution in [0.15, 0.2) is 17.0 Å². The molecule has 0 bridgehead atoms. The SMILES string of the molecule is CCNCc1cc(S(=O)(=O)NCC(C)(C)C)c(Cl)cc1Cl. The number of halogens is 2. The Kier molecular flexibility index (Phi) is 6.50. The van der Waals surface area contributed by atoms with Crippen molar-refractivity contribution in [2.45, 2.75) is 39.1 Å². The summed E-state index contributed by atoms with van der Waals surface area (Å²) in [5.41, 5.74) is 0.553. The molecule has 0 atom stereocenters. The van der Waals surface area contributed by atoms with Gasteiger partial charge in [0.25, 0.3) is 0 Å². The minimum atomic E-state index is -3.66. The van der Waals surface area contributed by atoms with Gasteiger partial charge in [-0.3, -0.25) is 0 Å².